The van der Waals surface area contributed by atoms with E-state index in [1.807, 2.05) is 18.2 Å². The molecule has 1 aliphatic carbocycles. The summed E-state index contributed by atoms with van der Waals surface area (Å²) >= 11 is 0. The number of nitrogen functional groups attached to an aromatic ring is 1. The Hall–Kier alpha value is -2.37. The van der Waals surface area contributed by atoms with E-state index in [2.05, 4.69) is 27.5 Å². The summed E-state index contributed by atoms with van der Waals surface area (Å²) in [5, 5.41) is 7.00. The molecule has 1 amide bonds. The minimum absolute atomic E-state index is 0.0735. The van der Waals surface area contributed by atoms with E-state index >= 15 is 0 Å². The van der Waals surface area contributed by atoms with E-state index in [4.69, 9.17) is 5.73 Å². The number of carbonyl (C=O) groups excluding carboxylic acids is 1. The molecule has 0 saturated heterocycles. The molecule has 20 heavy (non-hydrogen) atoms. The first-order valence-electron chi connectivity index (χ1n) is 6.71. The molecule has 2 aromatic rings. The Labute approximate surface area is 117 Å². The molecular weight excluding hydrogens is 254 g/mol. The molecule has 1 aromatic carbocycles. The molecule has 0 aliphatic heterocycles. The number of nitrogens with zero attached hydrogens (tertiary/aromatic N) is 3. The highest BCUT2D eigenvalue weighted by Crippen LogP contribution is 2.40. The van der Waals surface area contributed by atoms with Gasteiger partial charge in [0.25, 0.3) is 0 Å². The topological polar surface area (TPSA) is 85.8 Å². The van der Waals surface area contributed by atoms with Crippen molar-refractivity contribution in [1.82, 2.24) is 20.1 Å². The Morgan fingerprint density at radius 2 is 2.15 bits per heavy atom. The molecule has 1 saturated carbocycles. The number of anilines is 1. The first-order valence-corrected chi connectivity index (χ1v) is 6.71. The lowest BCUT2D eigenvalue weighted by atomic mass is 10.0. The van der Waals surface area contributed by atoms with Crippen LogP contribution in [0.5, 0.6) is 0 Å². The van der Waals surface area contributed by atoms with Gasteiger partial charge in [-0.3, -0.25) is 4.79 Å². The monoisotopic (exact) mass is 271 g/mol. The fourth-order valence-electron chi connectivity index (χ4n) is 2.31. The number of hydrogen-bond donors (Lipinski definition) is 2. The molecule has 0 radical (unpaired) electrons. The minimum atomic E-state index is -0.0735. The molecule has 3 rings (SSSR count). The molecule has 1 atom stereocenters. The number of nitrogens with one attached hydrogen (secondary N) is 1. The lowest BCUT2D eigenvalue weighted by molar-refractivity contribution is -0.122. The molecule has 1 fully saturated rings. The van der Waals surface area contributed by atoms with E-state index in [0.717, 1.165) is 18.4 Å². The number of amides is 1. The smallest absolute Gasteiger partial charge is 0.242 e. The third-order valence-electron chi connectivity index (χ3n) is 3.43. The van der Waals surface area contributed by atoms with Gasteiger partial charge in [-0.05, 0) is 24.3 Å². The fraction of sp³-hybridized carbons (Fsp3) is 0.357. The summed E-state index contributed by atoms with van der Waals surface area (Å²) < 4.78 is 1.44. The summed E-state index contributed by atoms with van der Waals surface area (Å²) in [6.45, 7) is 0.139. The van der Waals surface area contributed by atoms with Gasteiger partial charge in [0.1, 0.15) is 12.9 Å². The van der Waals surface area contributed by atoms with Crippen molar-refractivity contribution >= 4 is 11.9 Å². The SMILES string of the molecule is Nc1ncn(CC(=O)NC(c2ccccc2)C2CC2)n1. The van der Waals surface area contributed by atoms with Crippen molar-refractivity contribution in [3.8, 4) is 0 Å². The lowest BCUT2D eigenvalue weighted by Gasteiger charge is -2.18. The molecule has 1 unspecified atom stereocenters. The maximum atomic E-state index is 12.1. The number of rotatable bonds is 5. The van der Waals surface area contributed by atoms with Crippen LogP contribution in [0.25, 0.3) is 0 Å². The zero-order chi connectivity index (χ0) is 13.9. The van der Waals surface area contributed by atoms with Crippen LogP contribution in [0.15, 0.2) is 36.7 Å². The van der Waals surface area contributed by atoms with Gasteiger partial charge in [0.15, 0.2) is 0 Å². The summed E-state index contributed by atoms with van der Waals surface area (Å²) in [7, 11) is 0. The zero-order valence-electron chi connectivity index (χ0n) is 11.1. The second kappa shape index (κ2) is 5.32. The first kappa shape index (κ1) is 12.7. The third-order valence-corrected chi connectivity index (χ3v) is 3.43. The molecular formula is C14H17N5O. The molecule has 3 N–H and O–H groups in total. The van der Waals surface area contributed by atoms with Crippen LogP contribution in [0.3, 0.4) is 0 Å². The normalized spacial score (nSPS) is 15.8. The first-order chi connectivity index (χ1) is 9.72. The maximum absolute atomic E-state index is 12.1. The van der Waals surface area contributed by atoms with E-state index < -0.39 is 0 Å². The van der Waals surface area contributed by atoms with Gasteiger partial charge in [0.2, 0.25) is 11.9 Å². The molecule has 104 valence electrons. The Kier molecular flexibility index (Phi) is 3.37. The number of aromatic nitrogens is 3. The van der Waals surface area contributed by atoms with E-state index in [1.54, 1.807) is 0 Å². The average Bonchev–Trinajstić information content (AvgIpc) is 3.21. The van der Waals surface area contributed by atoms with Gasteiger partial charge in [-0.15, -0.1) is 5.10 Å². The van der Waals surface area contributed by atoms with Crippen LogP contribution >= 0.6 is 0 Å². The van der Waals surface area contributed by atoms with Crippen molar-refractivity contribution in [1.29, 1.82) is 0 Å². The summed E-state index contributed by atoms with van der Waals surface area (Å²) in [4.78, 5) is 15.9. The molecule has 6 nitrogen and oxygen atoms in total. The van der Waals surface area contributed by atoms with E-state index in [1.165, 1.54) is 11.0 Å². The van der Waals surface area contributed by atoms with Gasteiger partial charge in [0, 0.05) is 0 Å². The summed E-state index contributed by atoms with van der Waals surface area (Å²) in [6.07, 6.45) is 3.79. The molecule has 1 aromatic heterocycles. The van der Waals surface area contributed by atoms with Crippen molar-refractivity contribution in [3.63, 3.8) is 0 Å². The van der Waals surface area contributed by atoms with E-state index in [9.17, 15) is 4.79 Å². The van der Waals surface area contributed by atoms with E-state index in [0.29, 0.717) is 5.92 Å². The molecule has 0 bridgehead atoms. The highest BCUT2D eigenvalue weighted by molar-refractivity contribution is 5.76. The largest absolute Gasteiger partial charge is 0.367 e. The van der Waals surface area contributed by atoms with Crippen molar-refractivity contribution in [2.75, 3.05) is 5.73 Å². The quantitative estimate of drug-likeness (QED) is 0.853. The summed E-state index contributed by atoms with van der Waals surface area (Å²) in [5.41, 5.74) is 6.58. The van der Waals surface area contributed by atoms with Crippen LogP contribution < -0.4 is 11.1 Å². The number of hydrogen-bond acceptors (Lipinski definition) is 4. The van der Waals surface area contributed by atoms with Crippen LogP contribution in [0.1, 0.15) is 24.4 Å². The Morgan fingerprint density at radius 3 is 2.75 bits per heavy atom. The summed E-state index contributed by atoms with van der Waals surface area (Å²) in [6, 6.07) is 10.2. The van der Waals surface area contributed by atoms with Crippen molar-refractivity contribution in [2.45, 2.75) is 25.4 Å². The van der Waals surface area contributed by atoms with Gasteiger partial charge < -0.3 is 11.1 Å². The fourth-order valence-corrected chi connectivity index (χ4v) is 2.31. The standard InChI is InChI=1S/C14H17N5O/c15-14-16-9-19(18-14)8-12(20)17-13(11-6-7-11)10-4-2-1-3-5-10/h1-5,9,11,13H,6-8H2,(H2,15,18)(H,17,20). The van der Waals surface area contributed by atoms with Crippen LogP contribution in [-0.4, -0.2) is 20.7 Å². The molecule has 6 heteroatoms. The van der Waals surface area contributed by atoms with Crippen molar-refractivity contribution < 1.29 is 4.79 Å². The molecule has 0 spiro atoms. The van der Waals surface area contributed by atoms with Crippen LogP contribution in [0.2, 0.25) is 0 Å². The number of carbonyl (C=O) groups is 1. The Bertz CT molecular complexity index is 591. The maximum Gasteiger partial charge on any atom is 0.242 e. The molecule has 1 aliphatic rings. The minimum Gasteiger partial charge on any atom is -0.367 e. The van der Waals surface area contributed by atoms with Gasteiger partial charge in [0.05, 0.1) is 6.04 Å². The predicted molar refractivity (Wildman–Crippen MR) is 74.5 cm³/mol. The highest BCUT2D eigenvalue weighted by atomic mass is 16.2. The highest BCUT2D eigenvalue weighted by Gasteiger charge is 2.33. The predicted octanol–water partition coefficient (Wildman–Crippen LogP) is 1.13. The van der Waals surface area contributed by atoms with Crippen molar-refractivity contribution in [2.24, 2.45) is 5.92 Å². The second-order valence-corrected chi connectivity index (χ2v) is 5.09. The number of benzene rings is 1. The second-order valence-electron chi connectivity index (χ2n) is 5.09. The number of nitrogens with two attached hydrogens (primary N) is 1. The van der Waals surface area contributed by atoms with Crippen molar-refractivity contribution in [3.05, 3.63) is 42.2 Å². The van der Waals surface area contributed by atoms with Gasteiger partial charge in [-0.2, -0.15) is 0 Å². The summed E-state index contributed by atoms with van der Waals surface area (Å²) in [5.74, 6) is 0.650. The van der Waals surface area contributed by atoms with Gasteiger partial charge >= 0.3 is 0 Å². The Morgan fingerprint density at radius 1 is 1.40 bits per heavy atom. The van der Waals surface area contributed by atoms with Crippen LogP contribution in [0, 0.1) is 5.92 Å². The third kappa shape index (κ3) is 2.96. The van der Waals surface area contributed by atoms with Gasteiger partial charge in [-0.25, -0.2) is 9.67 Å². The van der Waals surface area contributed by atoms with Crippen LogP contribution in [-0.2, 0) is 11.3 Å². The lowest BCUT2D eigenvalue weighted by Crippen LogP contribution is -2.32. The average molecular weight is 271 g/mol. The molecule has 1 heterocycles. The van der Waals surface area contributed by atoms with E-state index in [-0.39, 0.29) is 24.4 Å². The zero-order valence-corrected chi connectivity index (χ0v) is 11.1. The Balaban J connectivity index is 1.66. The van der Waals surface area contributed by atoms with Gasteiger partial charge in [-0.1, -0.05) is 30.3 Å². The van der Waals surface area contributed by atoms with Crippen LogP contribution in [0.4, 0.5) is 5.95 Å².